The SMILES string of the molecule is CNC1CCCN(S(=O)(=O)c2ccc(C)c3ncccc23)C1. The number of likely N-dealkylation sites (N-methyl/N-ethyl adjacent to an activating group) is 1. The molecule has 0 radical (unpaired) electrons. The minimum absolute atomic E-state index is 0.221. The van der Waals surface area contributed by atoms with Crippen LogP contribution in [0.4, 0.5) is 0 Å². The summed E-state index contributed by atoms with van der Waals surface area (Å²) in [5.41, 5.74) is 1.74. The monoisotopic (exact) mass is 319 g/mol. The highest BCUT2D eigenvalue weighted by Gasteiger charge is 2.31. The predicted octanol–water partition coefficient (Wildman–Crippen LogP) is 1.92. The average Bonchev–Trinajstić information content (AvgIpc) is 2.55. The molecule has 1 aromatic heterocycles. The molecule has 0 bridgehead atoms. The maximum Gasteiger partial charge on any atom is 0.243 e. The fourth-order valence-corrected chi connectivity index (χ4v) is 4.75. The molecule has 3 rings (SSSR count). The molecule has 1 unspecified atom stereocenters. The molecule has 1 aliphatic rings. The maximum absolute atomic E-state index is 13.0. The largest absolute Gasteiger partial charge is 0.316 e. The van der Waals surface area contributed by atoms with Gasteiger partial charge in [-0.1, -0.05) is 6.07 Å². The lowest BCUT2D eigenvalue weighted by molar-refractivity contribution is 0.293. The van der Waals surface area contributed by atoms with Gasteiger partial charge in [-0.15, -0.1) is 0 Å². The van der Waals surface area contributed by atoms with E-state index < -0.39 is 10.0 Å². The molecule has 0 amide bonds. The van der Waals surface area contributed by atoms with Crippen molar-refractivity contribution in [1.82, 2.24) is 14.6 Å². The van der Waals surface area contributed by atoms with Gasteiger partial charge in [0.15, 0.2) is 0 Å². The van der Waals surface area contributed by atoms with Crippen LogP contribution in [0.5, 0.6) is 0 Å². The first kappa shape index (κ1) is 15.4. The number of pyridine rings is 1. The number of hydrogen-bond acceptors (Lipinski definition) is 4. The van der Waals surface area contributed by atoms with E-state index in [0.29, 0.717) is 23.4 Å². The van der Waals surface area contributed by atoms with Gasteiger partial charge in [-0.2, -0.15) is 4.31 Å². The lowest BCUT2D eigenvalue weighted by Gasteiger charge is -2.32. The van der Waals surface area contributed by atoms with Crippen LogP contribution in [0.25, 0.3) is 10.9 Å². The molecule has 118 valence electrons. The Morgan fingerprint density at radius 3 is 2.91 bits per heavy atom. The lowest BCUT2D eigenvalue weighted by Crippen LogP contribution is -2.46. The van der Waals surface area contributed by atoms with Crippen molar-refractivity contribution in [2.75, 3.05) is 20.1 Å². The molecule has 1 atom stereocenters. The molecule has 2 aromatic rings. The van der Waals surface area contributed by atoms with Crippen LogP contribution in [0.2, 0.25) is 0 Å². The standard InChI is InChI=1S/C16H21N3O2S/c1-12-7-8-15(14-6-3-9-18-16(12)14)22(20,21)19-10-4-5-13(11-19)17-2/h3,6-9,13,17H,4-5,10-11H2,1-2H3. The molecule has 1 saturated heterocycles. The first-order valence-corrected chi connectivity index (χ1v) is 9.00. The van der Waals surface area contributed by atoms with Crippen molar-refractivity contribution >= 4 is 20.9 Å². The summed E-state index contributed by atoms with van der Waals surface area (Å²) < 4.78 is 27.7. The van der Waals surface area contributed by atoms with Crippen molar-refractivity contribution in [3.05, 3.63) is 36.0 Å². The van der Waals surface area contributed by atoms with Crippen LogP contribution in [-0.2, 0) is 10.0 Å². The van der Waals surface area contributed by atoms with Crippen LogP contribution >= 0.6 is 0 Å². The van der Waals surface area contributed by atoms with Crippen molar-refractivity contribution in [3.8, 4) is 0 Å². The number of benzene rings is 1. The fourth-order valence-electron chi connectivity index (χ4n) is 3.05. The average molecular weight is 319 g/mol. The Bertz CT molecular complexity index is 789. The highest BCUT2D eigenvalue weighted by molar-refractivity contribution is 7.89. The number of nitrogens with zero attached hydrogens (tertiary/aromatic N) is 2. The zero-order chi connectivity index (χ0) is 15.7. The molecular formula is C16H21N3O2S. The van der Waals surface area contributed by atoms with Gasteiger partial charge >= 0.3 is 0 Å². The molecule has 1 fully saturated rings. The van der Waals surface area contributed by atoms with E-state index in [-0.39, 0.29) is 6.04 Å². The van der Waals surface area contributed by atoms with Crippen LogP contribution in [0.3, 0.4) is 0 Å². The lowest BCUT2D eigenvalue weighted by atomic mass is 10.1. The van der Waals surface area contributed by atoms with Gasteiger partial charge in [0.1, 0.15) is 0 Å². The minimum atomic E-state index is -3.50. The molecule has 0 spiro atoms. The number of sulfonamides is 1. The molecule has 1 aliphatic heterocycles. The van der Waals surface area contributed by atoms with E-state index in [2.05, 4.69) is 10.3 Å². The first-order valence-electron chi connectivity index (χ1n) is 7.56. The highest BCUT2D eigenvalue weighted by Crippen LogP contribution is 2.28. The molecule has 1 N–H and O–H groups in total. The fraction of sp³-hybridized carbons (Fsp3) is 0.438. The quantitative estimate of drug-likeness (QED) is 0.939. The number of rotatable bonds is 3. The second kappa shape index (κ2) is 5.95. The molecule has 0 aliphatic carbocycles. The van der Waals surface area contributed by atoms with Gasteiger partial charge in [-0.25, -0.2) is 8.42 Å². The van der Waals surface area contributed by atoms with Gasteiger partial charge in [-0.3, -0.25) is 4.98 Å². The Morgan fingerprint density at radius 1 is 1.32 bits per heavy atom. The van der Waals surface area contributed by atoms with Crippen LogP contribution in [0.1, 0.15) is 18.4 Å². The summed E-state index contributed by atoms with van der Waals surface area (Å²) in [6.07, 6.45) is 3.59. The number of piperidine rings is 1. The Morgan fingerprint density at radius 2 is 2.14 bits per heavy atom. The predicted molar refractivity (Wildman–Crippen MR) is 87.3 cm³/mol. The van der Waals surface area contributed by atoms with Crippen LogP contribution in [-0.4, -0.2) is 43.9 Å². The molecule has 1 aromatic carbocycles. The molecule has 6 heteroatoms. The second-order valence-electron chi connectivity index (χ2n) is 5.77. The van der Waals surface area contributed by atoms with Crippen LogP contribution < -0.4 is 5.32 Å². The summed E-state index contributed by atoms with van der Waals surface area (Å²) in [4.78, 5) is 4.70. The summed E-state index contributed by atoms with van der Waals surface area (Å²) in [5, 5.41) is 3.89. The maximum atomic E-state index is 13.0. The van der Waals surface area contributed by atoms with Gasteiger partial charge in [0.2, 0.25) is 10.0 Å². The zero-order valence-corrected chi connectivity index (χ0v) is 13.7. The Kier molecular flexibility index (Phi) is 4.16. The molecular weight excluding hydrogens is 298 g/mol. The summed E-state index contributed by atoms with van der Waals surface area (Å²) in [7, 11) is -1.61. The number of aromatic nitrogens is 1. The van der Waals surface area contributed by atoms with Gasteiger partial charge in [-0.05, 0) is 50.6 Å². The third kappa shape index (κ3) is 2.62. The Hall–Kier alpha value is -1.50. The van der Waals surface area contributed by atoms with E-state index in [0.717, 1.165) is 23.9 Å². The van der Waals surface area contributed by atoms with Crippen molar-refractivity contribution in [1.29, 1.82) is 0 Å². The van der Waals surface area contributed by atoms with E-state index in [1.165, 1.54) is 0 Å². The van der Waals surface area contributed by atoms with E-state index in [9.17, 15) is 8.42 Å². The van der Waals surface area contributed by atoms with Crippen molar-refractivity contribution in [3.63, 3.8) is 0 Å². The normalized spacial score (nSPS) is 20.4. The zero-order valence-electron chi connectivity index (χ0n) is 12.9. The van der Waals surface area contributed by atoms with Crippen molar-refractivity contribution in [2.45, 2.75) is 30.7 Å². The minimum Gasteiger partial charge on any atom is -0.316 e. The van der Waals surface area contributed by atoms with Crippen molar-refractivity contribution < 1.29 is 8.42 Å². The number of aryl methyl sites for hydroxylation is 1. The topological polar surface area (TPSA) is 62.3 Å². The number of nitrogens with one attached hydrogen (secondary N) is 1. The van der Waals surface area contributed by atoms with Crippen LogP contribution in [0.15, 0.2) is 35.4 Å². The summed E-state index contributed by atoms with van der Waals surface area (Å²) in [6.45, 7) is 3.05. The highest BCUT2D eigenvalue weighted by atomic mass is 32.2. The van der Waals surface area contributed by atoms with Crippen molar-refractivity contribution in [2.24, 2.45) is 0 Å². The van der Waals surface area contributed by atoms with Gasteiger partial charge < -0.3 is 5.32 Å². The van der Waals surface area contributed by atoms with E-state index in [1.807, 2.05) is 26.1 Å². The first-order chi connectivity index (χ1) is 10.5. The number of fused-ring (bicyclic) bond motifs is 1. The summed E-state index contributed by atoms with van der Waals surface area (Å²) >= 11 is 0. The summed E-state index contributed by atoms with van der Waals surface area (Å²) in [5.74, 6) is 0. The smallest absolute Gasteiger partial charge is 0.243 e. The Balaban J connectivity index is 2.08. The van der Waals surface area contributed by atoms with Gasteiger partial charge in [0.25, 0.3) is 0 Å². The molecule has 5 nitrogen and oxygen atoms in total. The van der Waals surface area contributed by atoms with Gasteiger partial charge in [0.05, 0.1) is 10.4 Å². The molecule has 22 heavy (non-hydrogen) atoms. The van der Waals surface area contributed by atoms with E-state index >= 15 is 0 Å². The summed E-state index contributed by atoms with van der Waals surface area (Å²) in [6, 6.07) is 7.38. The van der Waals surface area contributed by atoms with E-state index in [1.54, 1.807) is 22.6 Å². The van der Waals surface area contributed by atoms with Gasteiger partial charge in [0, 0.05) is 30.7 Å². The van der Waals surface area contributed by atoms with E-state index in [4.69, 9.17) is 0 Å². The second-order valence-corrected chi connectivity index (χ2v) is 7.68. The van der Waals surface area contributed by atoms with Crippen LogP contribution in [0, 0.1) is 6.92 Å². The molecule has 2 heterocycles. The molecule has 0 saturated carbocycles. The third-order valence-electron chi connectivity index (χ3n) is 4.34. The number of hydrogen-bond donors (Lipinski definition) is 1. The third-order valence-corrected chi connectivity index (χ3v) is 6.26. The Labute approximate surface area is 131 Å².